The van der Waals surface area contributed by atoms with Gasteiger partial charge in [0.15, 0.2) is 5.78 Å². The first-order valence-corrected chi connectivity index (χ1v) is 6.77. The largest absolute Gasteiger partial charge is 0.497 e. The maximum Gasteiger partial charge on any atom is 0.163 e. The lowest BCUT2D eigenvalue weighted by Gasteiger charge is -2.24. The van der Waals surface area contributed by atoms with Crippen LogP contribution in [0, 0.1) is 0 Å². The second-order valence-electron chi connectivity index (χ2n) is 5.07. The maximum atomic E-state index is 11.7. The first-order valence-electron chi connectivity index (χ1n) is 6.77. The molecule has 1 aromatic carbocycles. The van der Waals surface area contributed by atoms with Crippen molar-refractivity contribution in [1.82, 2.24) is 0 Å². The van der Waals surface area contributed by atoms with Crippen LogP contribution in [0.3, 0.4) is 0 Å². The van der Waals surface area contributed by atoms with Crippen molar-refractivity contribution >= 4 is 5.78 Å². The zero-order valence-corrected chi connectivity index (χ0v) is 12.1. The summed E-state index contributed by atoms with van der Waals surface area (Å²) in [4.78, 5) is 11.7. The summed E-state index contributed by atoms with van der Waals surface area (Å²) in [6.45, 7) is 3.44. The third-order valence-corrected chi connectivity index (χ3v) is 3.54. The van der Waals surface area contributed by atoms with Crippen LogP contribution in [0.2, 0.25) is 0 Å². The molecule has 1 aromatic rings. The highest BCUT2D eigenvalue weighted by Crippen LogP contribution is 2.31. The van der Waals surface area contributed by atoms with Crippen molar-refractivity contribution in [2.45, 2.75) is 39.2 Å². The minimum Gasteiger partial charge on any atom is -0.497 e. The summed E-state index contributed by atoms with van der Waals surface area (Å²) in [5.74, 6) is 1.55. The molecule has 0 saturated heterocycles. The number of hydrogen-bond acceptors (Lipinski definition) is 4. The molecule has 0 fully saturated rings. The van der Waals surface area contributed by atoms with E-state index in [1.165, 1.54) is 6.92 Å². The molecule has 0 aliphatic heterocycles. The summed E-state index contributed by atoms with van der Waals surface area (Å²) in [7, 11) is 1.55. The molecule has 0 amide bonds. The highest BCUT2D eigenvalue weighted by Gasteiger charge is 2.22. The van der Waals surface area contributed by atoms with Gasteiger partial charge in [0.2, 0.25) is 0 Å². The van der Waals surface area contributed by atoms with E-state index in [-0.39, 0.29) is 5.78 Å². The van der Waals surface area contributed by atoms with E-state index < -0.39 is 6.10 Å². The first kappa shape index (κ1) is 14.6. The first-order chi connectivity index (χ1) is 9.52. The summed E-state index contributed by atoms with van der Waals surface area (Å²) in [5, 5.41) is 10.0. The zero-order valence-electron chi connectivity index (χ0n) is 12.1. The number of Topliss-reactive ketones (excluding diaryl/α,β-unsaturated/α-hetero) is 1. The van der Waals surface area contributed by atoms with Crippen LogP contribution in [0.4, 0.5) is 0 Å². The molecule has 0 spiro atoms. The minimum atomic E-state index is -0.592. The van der Waals surface area contributed by atoms with Crippen LogP contribution in [0.15, 0.2) is 29.5 Å². The maximum absolute atomic E-state index is 11.7. The second kappa shape index (κ2) is 6.09. The van der Waals surface area contributed by atoms with Crippen LogP contribution in [0.25, 0.3) is 0 Å². The Kier molecular flexibility index (Phi) is 4.45. The Labute approximate surface area is 119 Å². The normalized spacial score (nSPS) is 18.9. The second-order valence-corrected chi connectivity index (χ2v) is 5.07. The highest BCUT2D eigenvalue weighted by molar-refractivity contribution is 5.97. The number of methoxy groups -OCH3 is 1. The fraction of sp³-hybridized carbons (Fsp3) is 0.438. The van der Waals surface area contributed by atoms with E-state index >= 15 is 0 Å². The number of hydrogen-bond donors (Lipinski definition) is 1. The van der Waals surface area contributed by atoms with E-state index in [1.807, 2.05) is 6.92 Å². The van der Waals surface area contributed by atoms with Gasteiger partial charge in [-0.05, 0) is 56.9 Å². The molecular weight excluding hydrogens is 256 g/mol. The summed E-state index contributed by atoms with van der Waals surface area (Å²) < 4.78 is 10.9. The van der Waals surface area contributed by atoms with Gasteiger partial charge in [-0.2, -0.15) is 0 Å². The molecule has 108 valence electrons. The fourth-order valence-corrected chi connectivity index (χ4v) is 2.37. The van der Waals surface area contributed by atoms with Crippen molar-refractivity contribution in [3.05, 3.63) is 35.1 Å². The average Bonchev–Trinajstić information content (AvgIpc) is 2.43. The van der Waals surface area contributed by atoms with Gasteiger partial charge in [-0.15, -0.1) is 0 Å². The Hall–Kier alpha value is -1.81. The number of rotatable bonds is 4. The number of aliphatic hydroxyl groups is 1. The van der Waals surface area contributed by atoms with Crippen LogP contribution in [-0.4, -0.2) is 24.1 Å². The number of benzene rings is 1. The van der Waals surface area contributed by atoms with Crippen LogP contribution in [-0.2, 0) is 0 Å². The lowest BCUT2D eigenvalue weighted by atomic mass is 9.96. The SMILES string of the molecule is COc1ccc(OC2=C(C)CCCC2O)c(C(C)=O)c1. The molecule has 0 heterocycles. The van der Waals surface area contributed by atoms with E-state index in [4.69, 9.17) is 9.47 Å². The summed E-state index contributed by atoms with van der Waals surface area (Å²) in [6, 6.07) is 5.10. The fourth-order valence-electron chi connectivity index (χ4n) is 2.37. The molecule has 2 rings (SSSR count). The molecule has 20 heavy (non-hydrogen) atoms. The Morgan fingerprint density at radius 3 is 2.75 bits per heavy atom. The summed E-state index contributed by atoms with van der Waals surface area (Å²) in [6.07, 6.45) is 1.98. The predicted molar refractivity (Wildman–Crippen MR) is 76.2 cm³/mol. The van der Waals surface area contributed by atoms with Crippen molar-refractivity contribution in [2.24, 2.45) is 0 Å². The Morgan fingerprint density at radius 1 is 1.40 bits per heavy atom. The molecule has 1 aliphatic rings. The van der Waals surface area contributed by atoms with Gasteiger partial charge in [0.1, 0.15) is 23.4 Å². The molecule has 0 saturated carbocycles. The standard InChI is InChI=1S/C16H20O4/c1-10-5-4-6-14(18)16(10)20-15-8-7-12(19-3)9-13(15)11(2)17/h7-9,14,18H,4-6H2,1-3H3. The van der Waals surface area contributed by atoms with Crippen molar-refractivity contribution < 1.29 is 19.4 Å². The van der Waals surface area contributed by atoms with E-state index in [2.05, 4.69) is 0 Å². The Bertz CT molecular complexity index is 545. The topological polar surface area (TPSA) is 55.8 Å². The smallest absolute Gasteiger partial charge is 0.163 e. The molecule has 4 nitrogen and oxygen atoms in total. The molecule has 1 unspecified atom stereocenters. The van der Waals surface area contributed by atoms with Crippen molar-refractivity contribution in [3.8, 4) is 11.5 Å². The van der Waals surface area contributed by atoms with Crippen molar-refractivity contribution in [1.29, 1.82) is 0 Å². The predicted octanol–water partition coefficient (Wildman–Crippen LogP) is 3.10. The highest BCUT2D eigenvalue weighted by atomic mass is 16.5. The summed E-state index contributed by atoms with van der Waals surface area (Å²) >= 11 is 0. The average molecular weight is 276 g/mol. The number of carbonyl (C=O) groups is 1. The molecular formula is C16H20O4. The van der Waals surface area contributed by atoms with Gasteiger partial charge < -0.3 is 14.6 Å². The van der Waals surface area contributed by atoms with E-state index in [0.29, 0.717) is 29.2 Å². The van der Waals surface area contributed by atoms with E-state index in [9.17, 15) is 9.90 Å². The molecule has 0 bridgehead atoms. The van der Waals surface area contributed by atoms with Gasteiger partial charge in [0.05, 0.1) is 12.7 Å². The van der Waals surface area contributed by atoms with Gasteiger partial charge >= 0.3 is 0 Å². The Morgan fingerprint density at radius 2 is 2.15 bits per heavy atom. The van der Waals surface area contributed by atoms with Gasteiger partial charge in [-0.3, -0.25) is 4.79 Å². The lowest BCUT2D eigenvalue weighted by molar-refractivity contribution is 0.100. The molecule has 1 aliphatic carbocycles. The van der Waals surface area contributed by atoms with Crippen molar-refractivity contribution in [2.75, 3.05) is 7.11 Å². The number of aliphatic hydroxyl groups excluding tert-OH is 1. The quantitative estimate of drug-likeness (QED) is 0.859. The van der Waals surface area contributed by atoms with E-state index in [1.54, 1.807) is 25.3 Å². The molecule has 1 atom stereocenters. The lowest BCUT2D eigenvalue weighted by Crippen LogP contribution is -2.21. The van der Waals surface area contributed by atoms with Crippen LogP contribution in [0.1, 0.15) is 43.5 Å². The third-order valence-electron chi connectivity index (χ3n) is 3.54. The molecule has 0 radical (unpaired) electrons. The van der Waals surface area contributed by atoms with Crippen LogP contribution in [0.5, 0.6) is 11.5 Å². The van der Waals surface area contributed by atoms with Gasteiger partial charge in [0, 0.05) is 0 Å². The monoisotopic (exact) mass is 276 g/mol. The van der Waals surface area contributed by atoms with Crippen LogP contribution >= 0.6 is 0 Å². The third kappa shape index (κ3) is 3.02. The van der Waals surface area contributed by atoms with Gasteiger partial charge in [-0.1, -0.05) is 0 Å². The Balaban J connectivity index is 2.36. The molecule has 1 N–H and O–H groups in total. The van der Waals surface area contributed by atoms with Crippen molar-refractivity contribution in [3.63, 3.8) is 0 Å². The molecule has 0 aromatic heterocycles. The van der Waals surface area contributed by atoms with Gasteiger partial charge in [-0.25, -0.2) is 0 Å². The number of ketones is 1. The summed E-state index contributed by atoms with van der Waals surface area (Å²) in [5.41, 5.74) is 1.50. The number of carbonyl (C=O) groups excluding carboxylic acids is 1. The molecule has 4 heteroatoms. The van der Waals surface area contributed by atoms with Gasteiger partial charge in [0.25, 0.3) is 0 Å². The number of ether oxygens (including phenoxy) is 2. The zero-order chi connectivity index (χ0) is 14.7. The number of allylic oxidation sites excluding steroid dienone is 1. The minimum absolute atomic E-state index is 0.0950. The van der Waals surface area contributed by atoms with Crippen LogP contribution < -0.4 is 9.47 Å². The van der Waals surface area contributed by atoms with E-state index in [0.717, 1.165) is 18.4 Å².